The Kier molecular flexibility index (Phi) is 7.53. The number of hydrogen-bond acceptors (Lipinski definition) is 1. The van der Waals surface area contributed by atoms with Gasteiger partial charge in [0.05, 0.1) is 6.54 Å². The summed E-state index contributed by atoms with van der Waals surface area (Å²) in [5.74, 6) is 3.12. The monoisotopic (exact) mass is 201 g/mol. The molecular weight excluding hydrogens is 186 g/mol. The molecule has 0 radical (unpaired) electrons. The van der Waals surface area contributed by atoms with Gasteiger partial charge >= 0.3 is 0 Å². The fraction of sp³-hybridized carbons (Fsp3) is 0.700. The zero-order valence-corrected chi connectivity index (χ0v) is 8.81. The Hall–Kier alpha value is -0.680. The maximum Gasteiger partial charge on any atom is 0.223 e. The highest BCUT2D eigenvalue weighted by atomic mass is 35.5. The van der Waals surface area contributed by atoms with Crippen molar-refractivity contribution in [3.05, 3.63) is 0 Å². The molecule has 0 spiro atoms. The Morgan fingerprint density at radius 1 is 1.62 bits per heavy atom. The molecule has 1 amide bonds. The van der Waals surface area contributed by atoms with Crippen molar-refractivity contribution in [1.82, 2.24) is 4.90 Å². The molecule has 0 saturated heterocycles. The molecule has 0 aliphatic carbocycles. The van der Waals surface area contributed by atoms with Crippen molar-refractivity contribution in [1.29, 1.82) is 0 Å². The van der Waals surface area contributed by atoms with E-state index in [4.69, 9.17) is 18.0 Å². The maximum atomic E-state index is 11.5. The molecule has 0 fully saturated rings. The standard InChI is InChI=1S/C10H16ClNO/c1-3-8-12(9-4-2)10(13)6-5-7-11/h1H,4-9H2,2H3. The summed E-state index contributed by atoms with van der Waals surface area (Å²) in [7, 11) is 0. The van der Waals surface area contributed by atoms with Gasteiger partial charge < -0.3 is 4.90 Å². The van der Waals surface area contributed by atoms with Gasteiger partial charge in [-0.2, -0.15) is 0 Å². The first-order chi connectivity index (χ1) is 6.26. The van der Waals surface area contributed by atoms with Crippen LogP contribution in [0.1, 0.15) is 26.2 Å². The summed E-state index contributed by atoms with van der Waals surface area (Å²) < 4.78 is 0. The molecule has 2 nitrogen and oxygen atoms in total. The van der Waals surface area contributed by atoms with Crippen molar-refractivity contribution < 1.29 is 4.79 Å². The zero-order chi connectivity index (χ0) is 10.1. The van der Waals surface area contributed by atoms with Crippen LogP contribution in [-0.4, -0.2) is 29.8 Å². The van der Waals surface area contributed by atoms with Crippen LogP contribution in [0.5, 0.6) is 0 Å². The molecule has 0 aromatic heterocycles. The molecule has 0 aromatic carbocycles. The largest absolute Gasteiger partial charge is 0.332 e. The molecule has 0 aliphatic heterocycles. The van der Waals surface area contributed by atoms with Gasteiger partial charge in [-0.1, -0.05) is 12.8 Å². The van der Waals surface area contributed by atoms with Gasteiger partial charge in [0.2, 0.25) is 5.91 Å². The predicted octanol–water partition coefficient (Wildman–Crippen LogP) is 1.88. The summed E-state index contributed by atoms with van der Waals surface area (Å²) in [5.41, 5.74) is 0. The van der Waals surface area contributed by atoms with Crippen molar-refractivity contribution in [2.45, 2.75) is 26.2 Å². The Labute approximate surface area is 85.2 Å². The number of carbonyl (C=O) groups is 1. The van der Waals surface area contributed by atoms with Crippen LogP contribution in [0.4, 0.5) is 0 Å². The summed E-state index contributed by atoms with van der Waals surface area (Å²) in [6, 6.07) is 0. The van der Waals surface area contributed by atoms with Gasteiger partial charge in [0.1, 0.15) is 0 Å². The van der Waals surface area contributed by atoms with Crippen molar-refractivity contribution in [2.24, 2.45) is 0 Å². The van der Waals surface area contributed by atoms with E-state index in [-0.39, 0.29) is 5.91 Å². The fourth-order valence-corrected chi connectivity index (χ4v) is 1.18. The molecule has 13 heavy (non-hydrogen) atoms. The van der Waals surface area contributed by atoms with Gasteiger partial charge in [-0.25, -0.2) is 0 Å². The van der Waals surface area contributed by atoms with E-state index in [0.29, 0.717) is 18.8 Å². The van der Waals surface area contributed by atoms with Crippen LogP contribution in [0.3, 0.4) is 0 Å². The minimum absolute atomic E-state index is 0.112. The van der Waals surface area contributed by atoms with Gasteiger partial charge in [-0.05, 0) is 12.8 Å². The second-order valence-electron chi connectivity index (χ2n) is 2.81. The highest BCUT2D eigenvalue weighted by Gasteiger charge is 2.09. The van der Waals surface area contributed by atoms with Gasteiger partial charge in [0.15, 0.2) is 0 Å². The summed E-state index contributed by atoms with van der Waals surface area (Å²) in [6.07, 6.45) is 7.33. The minimum Gasteiger partial charge on any atom is -0.332 e. The van der Waals surface area contributed by atoms with Crippen molar-refractivity contribution in [3.63, 3.8) is 0 Å². The van der Waals surface area contributed by atoms with Crippen molar-refractivity contribution in [2.75, 3.05) is 19.0 Å². The van der Waals surface area contributed by atoms with E-state index in [1.165, 1.54) is 0 Å². The first-order valence-electron chi connectivity index (χ1n) is 4.53. The van der Waals surface area contributed by atoms with Gasteiger partial charge in [0, 0.05) is 18.8 Å². The van der Waals surface area contributed by atoms with E-state index < -0.39 is 0 Å². The first-order valence-corrected chi connectivity index (χ1v) is 5.06. The summed E-state index contributed by atoms with van der Waals surface area (Å²) in [4.78, 5) is 13.2. The van der Waals surface area contributed by atoms with E-state index in [1.807, 2.05) is 6.92 Å². The lowest BCUT2D eigenvalue weighted by Gasteiger charge is -2.18. The fourth-order valence-electron chi connectivity index (χ4n) is 1.05. The van der Waals surface area contributed by atoms with Crippen LogP contribution in [0.2, 0.25) is 0 Å². The number of alkyl halides is 1. The minimum atomic E-state index is 0.112. The average Bonchev–Trinajstić information content (AvgIpc) is 2.14. The molecule has 0 aliphatic rings. The van der Waals surface area contributed by atoms with E-state index in [1.54, 1.807) is 4.90 Å². The van der Waals surface area contributed by atoms with Crippen molar-refractivity contribution in [3.8, 4) is 12.3 Å². The topological polar surface area (TPSA) is 20.3 Å². The molecular formula is C10H16ClNO. The van der Waals surface area contributed by atoms with E-state index >= 15 is 0 Å². The average molecular weight is 202 g/mol. The predicted molar refractivity (Wildman–Crippen MR) is 55.7 cm³/mol. The highest BCUT2D eigenvalue weighted by molar-refractivity contribution is 6.17. The molecule has 0 unspecified atom stereocenters. The number of terminal acetylenes is 1. The lowest BCUT2D eigenvalue weighted by atomic mass is 10.3. The number of amides is 1. The van der Waals surface area contributed by atoms with Crippen LogP contribution >= 0.6 is 11.6 Å². The number of nitrogens with zero attached hydrogens (tertiary/aromatic N) is 1. The lowest BCUT2D eigenvalue weighted by Crippen LogP contribution is -2.31. The molecule has 0 N–H and O–H groups in total. The Balaban J connectivity index is 3.89. The van der Waals surface area contributed by atoms with Crippen LogP contribution in [0.15, 0.2) is 0 Å². The lowest BCUT2D eigenvalue weighted by molar-refractivity contribution is -0.130. The number of halogens is 1. The van der Waals surface area contributed by atoms with Gasteiger partial charge in [0.25, 0.3) is 0 Å². The van der Waals surface area contributed by atoms with Gasteiger partial charge in [-0.15, -0.1) is 18.0 Å². The second kappa shape index (κ2) is 7.94. The van der Waals surface area contributed by atoms with Crippen LogP contribution in [0.25, 0.3) is 0 Å². The van der Waals surface area contributed by atoms with Gasteiger partial charge in [-0.3, -0.25) is 4.79 Å². The summed E-state index contributed by atoms with van der Waals surface area (Å²) in [6.45, 7) is 3.18. The van der Waals surface area contributed by atoms with Crippen LogP contribution < -0.4 is 0 Å². The Morgan fingerprint density at radius 2 is 2.31 bits per heavy atom. The third-order valence-corrected chi connectivity index (χ3v) is 1.92. The zero-order valence-electron chi connectivity index (χ0n) is 8.05. The number of carbonyl (C=O) groups excluding carboxylic acids is 1. The normalized spacial score (nSPS) is 9.31. The molecule has 0 bridgehead atoms. The Bertz CT molecular complexity index is 186. The highest BCUT2D eigenvalue weighted by Crippen LogP contribution is 2.00. The second-order valence-corrected chi connectivity index (χ2v) is 3.19. The molecule has 0 rings (SSSR count). The molecule has 0 atom stereocenters. The van der Waals surface area contributed by atoms with Crippen molar-refractivity contribution >= 4 is 17.5 Å². The number of hydrogen-bond donors (Lipinski definition) is 0. The third kappa shape index (κ3) is 5.54. The number of rotatable bonds is 6. The van der Waals surface area contributed by atoms with Crippen LogP contribution in [-0.2, 0) is 4.79 Å². The van der Waals surface area contributed by atoms with E-state index in [2.05, 4.69) is 5.92 Å². The quantitative estimate of drug-likeness (QED) is 0.475. The molecule has 0 heterocycles. The summed E-state index contributed by atoms with van der Waals surface area (Å²) >= 11 is 5.49. The van der Waals surface area contributed by atoms with E-state index in [9.17, 15) is 4.79 Å². The SMILES string of the molecule is C#CCN(CCC)C(=O)CCCCl. The summed E-state index contributed by atoms with van der Waals surface area (Å²) in [5, 5.41) is 0. The molecule has 0 aromatic rings. The molecule has 74 valence electrons. The molecule has 0 saturated carbocycles. The first kappa shape index (κ1) is 12.3. The third-order valence-electron chi connectivity index (χ3n) is 1.65. The van der Waals surface area contributed by atoms with Crippen LogP contribution in [0, 0.1) is 12.3 Å². The molecule has 3 heteroatoms. The maximum absolute atomic E-state index is 11.5. The Morgan fingerprint density at radius 3 is 2.77 bits per heavy atom. The van der Waals surface area contributed by atoms with E-state index in [0.717, 1.165) is 19.4 Å². The smallest absolute Gasteiger partial charge is 0.223 e.